The molecule has 0 radical (unpaired) electrons. The monoisotopic (exact) mass is 1350 g/mol. The molecule has 0 heterocycles. The molecule has 2 unspecified atom stereocenters. The van der Waals surface area contributed by atoms with E-state index in [4.69, 9.17) is 37.0 Å². The lowest BCUT2D eigenvalue weighted by molar-refractivity contribution is -0.161. The summed E-state index contributed by atoms with van der Waals surface area (Å²) < 4.78 is 68.2. The highest BCUT2D eigenvalue weighted by atomic mass is 31.2. The summed E-state index contributed by atoms with van der Waals surface area (Å²) >= 11 is 0. The highest BCUT2D eigenvalue weighted by molar-refractivity contribution is 7.47. The molecule has 0 aromatic carbocycles. The second-order valence-corrected chi connectivity index (χ2v) is 29.7. The number of rotatable bonds is 73. The topological polar surface area (TPSA) is 237 Å². The van der Waals surface area contributed by atoms with Gasteiger partial charge in [-0.1, -0.05) is 330 Å². The average Bonchev–Trinajstić information content (AvgIpc) is 3.14. The van der Waals surface area contributed by atoms with Gasteiger partial charge in [0.05, 0.1) is 26.4 Å². The molecule has 17 nitrogen and oxygen atoms in total. The first-order valence-corrected chi connectivity index (χ1v) is 41.1. The van der Waals surface area contributed by atoms with Crippen LogP contribution in [0.1, 0.15) is 381 Å². The zero-order valence-electron chi connectivity index (χ0n) is 59.7. The molecule has 0 aliphatic rings. The number of unbranched alkanes of at least 4 members (excludes halogenated alkanes) is 45. The van der Waals surface area contributed by atoms with Crippen molar-refractivity contribution in [3.63, 3.8) is 0 Å². The van der Waals surface area contributed by atoms with Gasteiger partial charge in [0, 0.05) is 25.7 Å². The minimum absolute atomic E-state index is 0.107. The fourth-order valence-corrected chi connectivity index (χ4v) is 12.8. The third kappa shape index (κ3) is 66.7. The first-order chi connectivity index (χ1) is 44.5. The molecule has 0 amide bonds. The highest BCUT2D eigenvalue weighted by Gasteiger charge is 2.30. The summed E-state index contributed by atoms with van der Waals surface area (Å²) in [5.41, 5.74) is 0. The summed E-state index contributed by atoms with van der Waals surface area (Å²) in [4.78, 5) is 72.4. The quantitative estimate of drug-likeness (QED) is 0.0222. The van der Waals surface area contributed by atoms with Crippen LogP contribution in [0.4, 0.5) is 0 Å². The Morgan fingerprint density at radius 2 is 0.500 bits per heavy atom. The van der Waals surface area contributed by atoms with Crippen LogP contribution in [0.5, 0.6) is 0 Å². The van der Waals surface area contributed by atoms with Crippen LogP contribution in [0.25, 0.3) is 0 Å². The number of carbonyl (C=O) groups excluding carboxylic acids is 4. The Kier molecular flexibility index (Phi) is 64.9. The maximum Gasteiger partial charge on any atom is 0.472 e. The molecule has 0 aromatic heterocycles. The number of hydrogen-bond donors (Lipinski definition) is 3. The zero-order valence-corrected chi connectivity index (χ0v) is 61.5. The number of phosphoric acid groups is 2. The number of ether oxygens (including phenoxy) is 4. The fourth-order valence-electron chi connectivity index (χ4n) is 11.2. The standard InChI is InChI=1S/C73H142O17P2/c1-6-9-12-15-17-19-21-23-25-26-31-34-38-42-47-52-57-71(76)84-63-69(90-73(78)59-54-49-44-40-36-32-28-27-29-33-37-41-46-50-55-66(4)5)65-88-92(81,82)86-61-67(74)60-85-91(79,80)87-64-68(62-83-70(75)56-51-45-14-11-8-3)89-72(77)58-53-48-43-39-35-30-24-22-20-18-16-13-10-7-2/h66-69,74H,6-65H2,1-5H3,(H,79,80)(H,81,82)/t67-,68+,69+/m0/s1. The Balaban J connectivity index is 5.15. The van der Waals surface area contributed by atoms with Crippen molar-refractivity contribution in [1.82, 2.24) is 0 Å². The van der Waals surface area contributed by atoms with E-state index < -0.39 is 97.5 Å². The average molecular weight is 1350 g/mol. The Hall–Kier alpha value is -1.94. The van der Waals surface area contributed by atoms with Crippen molar-refractivity contribution in [2.75, 3.05) is 39.6 Å². The first-order valence-electron chi connectivity index (χ1n) is 38.1. The van der Waals surface area contributed by atoms with Gasteiger partial charge in [-0.15, -0.1) is 0 Å². The molecule has 0 aliphatic carbocycles. The second kappa shape index (κ2) is 66.3. The summed E-state index contributed by atoms with van der Waals surface area (Å²) in [5, 5.41) is 10.6. The molecule has 3 N–H and O–H groups in total. The first kappa shape index (κ1) is 90.1. The van der Waals surface area contributed by atoms with Crippen LogP contribution in [0, 0.1) is 5.92 Å². The maximum atomic E-state index is 13.0. The molecule has 0 saturated heterocycles. The summed E-state index contributed by atoms with van der Waals surface area (Å²) in [7, 11) is -9.90. The van der Waals surface area contributed by atoms with Crippen molar-refractivity contribution >= 4 is 39.5 Å². The third-order valence-corrected chi connectivity index (χ3v) is 18.9. The smallest absolute Gasteiger partial charge is 0.462 e. The minimum atomic E-state index is -4.95. The van der Waals surface area contributed by atoms with Crippen molar-refractivity contribution in [2.24, 2.45) is 5.92 Å². The van der Waals surface area contributed by atoms with Crippen molar-refractivity contribution in [1.29, 1.82) is 0 Å². The lowest BCUT2D eigenvalue weighted by Crippen LogP contribution is -2.30. The zero-order chi connectivity index (χ0) is 67.7. The number of esters is 4. The summed E-state index contributed by atoms with van der Waals surface area (Å²) in [6, 6.07) is 0. The van der Waals surface area contributed by atoms with E-state index in [1.807, 2.05) is 0 Å². The van der Waals surface area contributed by atoms with Crippen LogP contribution in [-0.2, 0) is 65.4 Å². The number of carbonyl (C=O) groups is 4. The predicted molar refractivity (Wildman–Crippen MR) is 372 cm³/mol. The number of aliphatic hydroxyl groups is 1. The molecule has 0 spiro atoms. The van der Waals surface area contributed by atoms with Crippen molar-refractivity contribution in [3.05, 3.63) is 0 Å². The summed E-state index contributed by atoms with van der Waals surface area (Å²) in [5.74, 6) is -1.33. The second-order valence-electron chi connectivity index (χ2n) is 26.8. The largest absolute Gasteiger partial charge is 0.472 e. The van der Waals surface area contributed by atoms with Gasteiger partial charge in [-0.05, 0) is 31.6 Å². The van der Waals surface area contributed by atoms with Gasteiger partial charge in [-0.3, -0.25) is 37.3 Å². The van der Waals surface area contributed by atoms with Gasteiger partial charge < -0.3 is 33.8 Å². The Morgan fingerprint density at radius 1 is 0.293 bits per heavy atom. The van der Waals surface area contributed by atoms with Crippen LogP contribution in [0.2, 0.25) is 0 Å². The molecular formula is C73H142O17P2. The number of hydrogen-bond acceptors (Lipinski definition) is 15. The normalized spacial score (nSPS) is 14.0. The minimum Gasteiger partial charge on any atom is -0.462 e. The van der Waals surface area contributed by atoms with E-state index in [1.54, 1.807) is 0 Å². The molecule has 0 aromatic rings. The Morgan fingerprint density at radius 3 is 0.739 bits per heavy atom. The molecule has 19 heteroatoms. The van der Waals surface area contributed by atoms with Crippen LogP contribution < -0.4 is 0 Å². The van der Waals surface area contributed by atoms with Crippen molar-refractivity contribution in [2.45, 2.75) is 400 Å². The van der Waals surface area contributed by atoms with Gasteiger partial charge in [0.1, 0.15) is 19.3 Å². The summed E-state index contributed by atoms with van der Waals surface area (Å²) in [6.45, 7) is 7.21. The number of aliphatic hydroxyl groups excluding tert-OH is 1. The van der Waals surface area contributed by atoms with Crippen molar-refractivity contribution in [3.8, 4) is 0 Å². The molecule has 546 valence electrons. The van der Waals surface area contributed by atoms with E-state index in [1.165, 1.54) is 199 Å². The van der Waals surface area contributed by atoms with Crippen LogP contribution in [-0.4, -0.2) is 96.7 Å². The molecular weight excluding hydrogens is 1210 g/mol. The van der Waals surface area contributed by atoms with E-state index in [2.05, 4.69) is 34.6 Å². The lowest BCUT2D eigenvalue weighted by Gasteiger charge is -2.21. The third-order valence-electron chi connectivity index (χ3n) is 17.0. The maximum absolute atomic E-state index is 13.0. The Labute approximate surface area is 562 Å². The molecule has 0 aliphatic heterocycles. The van der Waals surface area contributed by atoms with Crippen LogP contribution in [0.3, 0.4) is 0 Å². The van der Waals surface area contributed by atoms with Gasteiger partial charge in [0.15, 0.2) is 12.2 Å². The van der Waals surface area contributed by atoms with Gasteiger partial charge in [-0.2, -0.15) is 0 Å². The molecule has 0 rings (SSSR count). The van der Waals surface area contributed by atoms with E-state index in [9.17, 15) is 43.2 Å². The molecule has 0 saturated carbocycles. The van der Waals surface area contributed by atoms with Gasteiger partial charge >= 0.3 is 39.5 Å². The predicted octanol–water partition coefficient (Wildman–Crippen LogP) is 21.3. The van der Waals surface area contributed by atoms with E-state index >= 15 is 0 Å². The fraction of sp³-hybridized carbons (Fsp3) is 0.945. The van der Waals surface area contributed by atoms with Gasteiger partial charge in [0.25, 0.3) is 0 Å². The molecule has 0 fully saturated rings. The van der Waals surface area contributed by atoms with Gasteiger partial charge in [0.2, 0.25) is 0 Å². The lowest BCUT2D eigenvalue weighted by atomic mass is 10.0. The van der Waals surface area contributed by atoms with E-state index in [0.29, 0.717) is 25.7 Å². The van der Waals surface area contributed by atoms with Gasteiger partial charge in [-0.25, -0.2) is 9.13 Å². The highest BCUT2D eigenvalue weighted by Crippen LogP contribution is 2.45. The van der Waals surface area contributed by atoms with Crippen LogP contribution in [0.15, 0.2) is 0 Å². The number of phosphoric ester groups is 2. The summed E-state index contributed by atoms with van der Waals surface area (Å²) in [6.07, 6.45) is 54.4. The molecule has 5 atom stereocenters. The van der Waals surface area contributed by atoms with Crippen molar-refractivity contribution < 1.29 is 80.2 Å². The van der Waals surface area contributed by atoms with E-state index in [-0.39, 0.29) is 25.7 Å². The molecule has 92 heavy (non-hydrogen) atoms. The van der Waals surface area contributed by atoms with Crippen LogP contribution >= 0.6 is 15.6 Å². The van der Waals surface area contributed by atoms with E-state index in [0.717, 1.165) is 102 Å². The molecule has 0 bridgehead atoms. The Bertz CT molecular complexity index is 1770. The SMILES string of the molecule is CCCCCCCCCCCCCCCCCCC(=O)OC[C@H](COP(=O)(O)OC[C@@H](O)COP(=O)(O)OC[C@@H](COC(=O)CCCCCCC)OC(=O)CCCCCCCCCCCCCCCC)OC(=O)CCCCCCCCCCCCCCCCC(C)C.